The van der Waals surface area contributed by atoms with Crippen molar-refractivity contribution in [2.45, 2.75) is 104 Å². The number of carbonyl (C=O) groups excluding carboxylic acids is 5. The summed E-state index contributed by atoms with van der Waals surface area (Å²) in [5, 5.41) is 11.8. The lowest BCUT2D eigenvalue weighted by Gasteiger charge is -2.41. The summed E-state index contributed by atoms with van der Waals surface area (Å²) >= 11 is 0. The second-order valence-electron chi connectivity index (χ2n) is 10.2. The molecule has 11 nitrogen and oxygen atoms in total. The molecule has 0 aromatic heterocycles. The first kappa shape index (κ1) is 31.7. The number of ether oxygens (including phenoxy) is 5. The summed E-state index contributed by atoms with van der Waals surface area (Å²) in [5.74, 6) is -4.47. The van der Waals surface area contributed by atoms with E-state index < -0.39 is 71.9 Å². The smallest absolute Gasteiger partial charge is 0.334 e. The lowest BCUT2D eigenvalue weighted by Crippen LogP contribution is -2.59. The average Bonchev–Trinajstić information content (AvgIpc) is 3.09. The Morgan fingerprint density at radius 2 is 1.49 bits per heavy atom. The molecule has 11 heteroatoms. The molecule has 0 radical (unpaired) electrons. The molecule has 1 heterocycles. The third kappa shape index (κ3) is 8.26. The predicted molar refractivity (Wildman–Crippen MR) is 137 cm³/mol. The number of aliphatic hydroxyl groups is 1. The summed E-state index contributed by atoms with van der Waals surface area (Å²) in [6.07, 6.45) is -1.96. The highest BCUT2D eigenvalue weighted by molar-refractivity contribution is 5.91. The summed E-state index contributed by atoms with van der Waals surface area (Å²) in [6.45, 7) is 13.4. The molecule has 2 rings (SSSR count). The molecular weight excluding hydrogens is 512 g/mol. The molecule has 39 heavy (non-hydrogen) atoms. The van der Waals surface area contributed by atoms with Gasteiger partial charge >= 0.3 is 29.8 Å². The van der Waals surface area contributed by atoms with Gasteiger partial charge in [0.2, 0.25) is 0 Å². The number of carbonyl (C=O) groups is 5. The van der Waals surface area contributed by atoms with E-state index in [1.807, 2.05) is 6.08 Å². The van der Waals surface area contributed by atoms with E-state index in [9.17, 15) is 29.1 Å². The van der Waals surface area contributed by atoms with Gasteiger partial charge in [0.05, 0.1) is 5.92 Å². The molecule has 216 valence electrons. The number of hydrogen-bond acceptors (Lipinski definition) is 11. The number of rotatable bonds is 4. The van der Waals surface area contributed by atoms with Crippen molar-refractivity contribution in [3.8, 4) is 0 Å². The van der Waals surface area contributed by atoms with E-state index in [4.69, 9.17) is 23.7 Å². The molecule has 1 N–H and O–H groups in total. The molecule has 0 spiro atoms. The summed E-state index contributed by atoms with van der Waals surface area (Å²) in [7, 11) is 0. The van der Waals surface area contributed by atoms with Gasteiger partial charge in [-0.25, -0.2) is 4.79 Å². The van der Waals surface area contributed by atoms with E-state index in [2.05, 4.69) is 6.58 Å². The second kappa shape index (κ2) is 13.1. The van der Waals surface area contributed by atoms with Crippen LogP contribution in [0, 0.1) is 5.92 Å². The Hall–Kier alpha value is -3.47. The van der Waals surface area contributed by atoms with E-state index in [1.54, 1.807) is 19.9 Å². The Bertz CT molecular complexity index is 1070. The molecule has 0 amide bonds. The molecule has 1 saturated heterocycles. The minimum Gasteiger partial charge on any atom is -0.461 e. The van der Waals surface area contributed by atoms with Gasteiger partial charge in [0.25, 0.3) is 0 Å². The van der Waals surface area contributed by atoms with Crippen LogP contribution in [0.2, 0.25) is 0 Å². The quantitative estimate of drug-likeness (QED) is 0.238. The van der Waals surface area contributed by atoms with E-state index in [1.165, 1.54) is 20.8 Å². The van der Waals surface area contributed by atoms with Crippen LogP contribution in [0.1, 0.15) is 67.7 Å². The highest BCUT2D eigenvalue weighted by atomic mass is 16.6. The fourth-order valence-electron chi connectivity index (χ4n) is 4.90. The molecule has 1 fully saturated rings. The molecular formula is C28H38O11. The van der Waals surface area contributed by atoms with Crippen LogP contribution in [0.4, 0.5) is 0 Å². The zero-order valence-corrected chi connectivity index (χ0v) is 23.5. The van der Waals surface area contributed by atoms with Crippen molar-refractivity contribution in [1.82, 2.24) is 0 Å². The Kier molecular flexibility index (Phi) is 10.6. The lowest BCUT2D eigenvalue weighted by molar-refractivity contribution is -0.213. The van der Waals surface area contributed by atoms with E-state index >= 15 is 0 Å². The van der Waals surface area contributed by atoms with Gasteiger partial charge in [-0.15, -0.1) is 0 Å². The molecule has 1 aliphatic heterocycles. The fourth-order valence-corrected chi connectivity index (χ4v) is 4.90. The standard InChI is InChI=1S/C28H38O11/c1-14-9-11-21(35-17(4)29)15(2)10-12-23(37-19(6)31)28(8,34)26(38-20(7)32)25-24(16(3)27(33)39-25)22(13-14)36-18(5)30/h9-10,21-26,34H,3,11-13H2,1-2,4-8H3. The Morgan fingerprint density at radius 1 is 0.923 bits per heavy atom. The van der Waals surface area contributed by atoms with E-state index in [0.29, 0.717) is 5.57 Å². The van der Waals surface area contributed by atoms with Gasteiger partial charge in [0, 0.05) is 52.5 Å². The average molecular weight is 551 g/mol. The fraction of sp³-hybridized carbons (Fsp3) is 0.607. The molecule has 0 saturated carbocycles. The summed E-state index contributed by atoms with van der Waals surface area (Å²) < 4.78 is 27.6. The van der Waals surface area contributed by atoms with Gasteiger partial charge in [-0.3, -0.25) is 19.2 Å². The third-order valence-electron chi connectivity index (χ3n) is 6.78. The zero-order chi connectivity index (χ0) is 29.7. The Balaban J connectivity index is 2.78. The minimum atomic E-state index is -2.10. The molecule has 1 aliphatic carbocycles. The zero-order valence-electron chi connectivity index (χ0n) is 23.5. The third-order valence-corrected chi connectivity index (χ3v) is 6.78. The number of fused-ring (bicyclic) bond motifs is 1. The van der Waals surface area contributed by atoms with Gasteiger partial charge < -0.3 is 28.8 Å². The van der Waals surface area contributed by atoms with Gasteiger partial charge in [-0.1, -0.05) is 24.3 Å². The van der Waals surface area contributed by atoms with Gasteiger partial charge in [0.15, 0.2) is 12.2 Å². The topological polar surface area (TPSA) is 152 Å². The Labute approximate surface area is 228 Å². The first-order valence-electron chi connectivity index (χ1n) is 12.7. The summed E-state index contributed by atoms with van der Waals surface area (Å²) in [4.78, 5) is 60.9. The van der Waals surface area contributed by atoms with Crippen LogP contribution in [0.15, 0.2) is 35.5 Å². The normalized spacial score (nSPS) is 31.9. The first-order chi connectivity index (χ1) is 18.0. The van der Waals surface area contributed by atoms with Crippen LogP contribution >= 0.6 is 0 Å². The molecule has 2 aliphatic rings. The lowest BCUT2D eigenvalue weighted by atomic mass is 9.78. The van der Waals surface area contributed by atoms with Gasteiger partial charge in [-0.05, 0) is 26.3 Å². The van der Waals surface area contributed by atoms with Crippen LogP contribution < -0.4 is 0 Å². The molecule has 7 atom stereocenters. The second-order valence-corrected chi connectivity index (χ2v) is 10.2. The van der Waals surface area contributed by atoms with Crippen LogP contribution in [0.5, 0.6) is 0 Å². The van der Waals surface area contributed by atoms with Gasteiger partial charge in [-0.2, -0.15) is 0 Å². The van der Waals surface area contributed by atoms with Crippen LogP contribution in [-0.4, -0.2) is 71.1 Å². The minimum absolute atomic E-state index is 0.0309. The summed E-state index contributed by atoms with van der Waals surface area (Å²) in [5.41, 5.74) is -0.757. The maximum absolute atomic E-state index is 12.7. The van der Waals surface area contributed by atoms with Crippen molar-refractivity contribution < 1.29 is 52.8 Å². The van der Waals surface area contributed by atoms with Crippen LogP contribution in [0.25, 0.3) is 0 Å². The highest BCUT2D eigenvalue weighted by Crippen LogP contribution is 2.41. The summed E-state index contributed by atoms with van der Waals surface area (Å²) in [6, 6.07) is 0. The predicted octanol–water partition coefficient (Wildman–Crippen LogP) is 2.64. The molecule has 0 aromatic rings. The van der Waals surface area contributed by atoms with Crippen molar-refractivity contribution in [3.05, 3.63) is 35.5 Å². The van der Waals surface area contributed by atoms with Crippen molar-refractivity contribution in [2.24, 2.45) is 5.92 Å². The SMILES string of the molecule is C=C1C(=O)OC2C1C(OC(C)=O)CC(C)=CCC(OC(C)=O)C(C)=CCC(OC(C)=O)C(C)(O)C2OC(C)=O. The van der Waals surface area contributed by atoms with Crippen molar-refractivity contribution in [2.75, 3.05) is 0 Å². The maximum Gasteiger partial charge on any atom is 0.334 e. The van der Waals surface area contributed by atoms with E-state index in [-0.39, 0.29) is 24.8 Å². The van der Waals surface area contributed by atoms with Crippen LogP contribution in [-0.2, 0) is 47.7 Å². The first-order valence-corrected chi connectivity index (χ1v) is 12.7. The maximum atomic E-state index is 12.7. The number of hydrogen-bond donors (Lipinski definition) is 1. The van der Waals surface area contributed by atoms with Crippen molar-refractivity contribution >= 4 is 29.8 Å². The van der Waals surface area contributed by atoms with E-state index in [0.717, 1.165) is 19.4 Å². The Morgan fingerprint density at radius 3 is 2.03 bits per heavy atom. The van der Waals surface area contributed by atoms with Gasteiger partial charge in [0.1, 0.15) is 23.9 Å². The molecule has 0 bridgehead atoms. The van der Waals surface area contributed by atoms with Crippen molar-refractivity contribution in [1.29, 1.82) is 0 Å². The number of esters is 5. The molecule has 7 unspecified atom stereocenters. The highest BCUT2D eigenvalue weighted by Gasteiger charge is 2.57. The van der Waals surface area contributed by atoms with Crippen LogP contribution in [0.3, 0.4) is 0 Å². The largest absolute Gasteiger partial charge is 0.461 e. The monoisotopic (exact) mass is 550 g/mol. The molecule has 0 aromatic carbocycles. The van der Waals surface area contributed by atoms with Crippen molar-refractivity contribution in [3.63, 3.8) is 0 Å².